The van der Waals surface area contributed by atoms with Gasteiger partial charge >= 0.3 is 0 Å². The Morgan fingerprint density at radius 3 is 2.35 bits per heavy atom. The van der Waals surface area contributed by atoms with Crippen molar-refractivity contribution in [3.05, 3.63) is 108 Å². The summed E-state index contributed by atoms with van der Waals surface area (Å²) in [4.78, 5) is 31.3. The first-order chi connectivity index (χ1) is 19.6. The van der Waals surface area contributed by atoms with Gasteiger partial charge in [-0.3, -0.25) is 14.5 Å². The Balaban J connectivity index is 1.33. The molecule has 5 rings (SSSR count). The lowest BCUT2D eigenvalue weighted by atomic mass is 10.0. The molecule has 0 radical (unpaired) electrons. The first-order valence-electron chi connectivity index (χ1n) is 13.8. The van der Waals surface area contributed by atoms with Crippen molar-refractivity contribution in [2.24, 2.45) is 0 Å². The van der Waals surface area contributed by atoms with Gasteiger partial charge in [0.05, 0.1) is 5.56 Å². The van der Waals surface area contributed by atoms with E-state index in [9.17, 15) is 9.59 Å². The van der Waals surface area contributed by atoms with Crippen LogP contribution in [-0.2, 0) is 11.3 Å². The lowest BCUT2D eigenvalue weighted by Crippen LogP contribution is -2.46. The zero-order valence-corrected chi connectivity index (χ0v) is 22.9. The van der Waals surface area contributed by atoms with Crippen molar-refractivity contribution in [2.45, 2.75) is 13.0 Å². The van der Waals surface area contributed by atoms with Crippen molar-refractivity contribution in [2.75, 3.05) is 56.7 Å². The van der Waals surface area contributed by atoms with Crippen LogP contribution in [0.15, 0.2) is 91.0 Å². The van der Waals surface area contributed by atoms with Gasteiger partial charge in [-0.05, 0) is 47.0 Å². The number of rotatable bonds is 10. The number of nitrogens with one attached hydrogen (secondary N) is 2. The van der Waals surface area contributed by atoms with Crippen LogP contribution < -0.4 is 15.5 Å². The van der Waals surface area contributed by atoms with Gasteiger partial charge in [-0.25, -0.2) is 0 Å². The average molecular weight is 537 g/mol. The Kier molecular flexibility index (Phi) is 9.06. The molecule has 4 aromatic carbocycles. The van der Waals surface area contributed by atoms with E-state index in [0.717, 1.165) is 55.6 Å². The molecular formula is C33H36N4O3. The average Bonchev–Trinajstić information content (AvgIpc) is 3.00. The van der Waals surface area contributed by atoms with E-state index in [1.807, 2.05) is 60.7 Å². The van der Waals surface area contributed by atoms with Crippen molar-refractivity contribution >= 4 is 34.0 Å². The lowest BCUT2D eigenvalue weighted by Gasteiger charge is -2.37. The lowest BCUT2D eigenvalue weighted by molar-refractivity contribution is 0.0947. The highest BCUT2D eigenvalue weighted by molar-refractivity contribution is 6.13. The van der Waals surface area contributed by atoms with E-state index >= 15 is 0 Å². The second-order valence-corrected chi connectivity index (χ2v) is 10.1. The van der Waals surface area contributed by atoms with E-state index in [1.165, 1.54) is 5.56 Å². The molecule has 0 aliphatic carbocycles. The SMILES string of the molecule is COCCCNC(=O)c1cc(NC(=O)c2cccc3ccccc23)ccc1N1CCN(Cc2ccccc2)CC1. The number of ether oxygens (including phenoxy) is 1. The van der Waals surface area contributed by atoms with E-state index in [0.29, 0.717) is 30.0 Å². The molecule has 1 aliphatic heterocycles. The summed E-state index contributed by atoms with van der Waals surface area (Å²) >= 11 is 0. The predicted molar refractivity (Wildman–Crippen MR) is 161 cm³/mol. The molecule has 7 heteroatoms. The van der Waals surface area contributed by atoms with Crippen LogP contribution in [-0.4, -0.2) is 63.2 Å². The summed E-state index contributed by atoms with van der Waals surface area (Å²) in [5, 5.41) is 7.94. The summed E-state index contributed by atoms with van der Waals surface area (Å²) in [5.74, 6) is -0.357. The maximum absolute atomic E-state index is 13.4. The highest BCUT2D eigenvalue weighted by Gasteiger charge is 2.23. The molecule has 0 atom stereocenters. The molecule has 1 saturated heterocycles. The smallest absolute Gasteiger partial charge is 0.256 e. The van der Waals surface area contributed by atoms with Crippen LogP contribution in [0.1, 0.15) is 32.7 Å². The molecule has 0 spiro atoms. The quantitative estimate of drug-likeness (QED) is 0.273. The Labute approximate surface area is 235 Å². The fraction of sp³-hybridized carbons (Fsp3) is 0.273. The number of benzene rings is 4. The van der Waals surface area contributed by atoms with Gasteiger partial charge in [0.15, 0.2) is 0 Å². The number of nitrogens with zero attached hydrogens (tertiary/aromatic N) is 2. The number of anilines is 2. The number of carbonyl (C=O) groups excluding carboxylic acids is 2. The molecule has 4 aromatic rings. The van der Waals surface area contributed by atoms with Gasteiger partial charge in [-0.1, -0.05) is 66.7 Å². The van der Waals surface area contributed by atoms with Crippen LogP contribution in [0, 0.1) is 0 Å². The van der Waals surface area contributed by atoms with Gasteiger partial charge in [0, 0.05) is 69.9 Å². The fourth-order valence-electron chi connectivity index (χ4n) is 5.20. The van der Waals surface area contributed by atoms with Crippen molar-refractivity contribution in [1.29, 1.82) is 0 Å². The molecule has 2 N–H and O–H groups in total. The number of carbonyl (C=O) groups is 2. The molecule has 1 heterocycles. The Morgan fingerprint density at radius 2 is 1.55 bits per heavy atom. The van der Waals surface area contributed by atoms with Gasteiger partial charge in [-0.2, -0.15) is 0 Å². The van der Waals surface area contributed by atoms with E-state index in [4.69, 9.17) is 4.74 Å². The maximum atomic E-state index is 13.4. The normalized spacial score (nSPS) is 13.8. The number of methoxy groups -OCH3 is 1. The summed E-state index contributed by atoms with van der Waals surface area (Å²) in [7, 11) is 1.65. The highest BCUT2D eigenvalue weighted by atomic mass is 16.5. The summed E-state index contributed by atoms with van der Waals surface area (Å²) < 4.78 is 5.12. The fourth-order valence-corrected chi connectivity index (χ4v) is 5.20. The Bertz CT molecular complexity index is 1440. The zero-order valence-electron chi connectivity index (χ0n) is 22.9. The molecule has 7 nitrogen and oxygen atoms in total. The third-order valence-corrected chi connectivity index (χ3v) is 7.31. The van der Waals surface area contributed by atoms with Crippen LogP contribution in [0.2, 0.25) is 0 Å². The summed E-state index contributed by atoms with van der Waals surface area (Å²) in [6, 6.07) is 29.7. The van der Waals surface area contributed by atoms with Gasteiger partial charge in [0.2, 0.25) is 0 Å². The standard InChI is InChI=1S/C33H36N4O3/c1-40-22-8-17-34-32(38)30-23-27(35-33(39)29-14-7-12-26-11-5-6-13-28(26)29)15-16-31(30)37-20-18-36(19-21-37)24-25-9-3-2-4-10-25/h2-7,9-16,23H,8,17-22,24H2,1H3,(H,34,38)(H,35,39). The van der Waals surface area contributed by atoms with Crippen LogP contribution in [0.4, 0.5) is 11.4 Å². The molecule has 2 amide bonds. The second-order valence-electron chi connectivity index (χ2n) is 10.1. The summed E-state index contributed by atoms with van der Waals surface area (Å²) in [5.41, 5.74) is 3.93. The molecular weight excluding hydrogens is 500 g/mol. The van der Waals surface area contributed by atoms with Crippen molar-refractivity contribution in [3.8, 4) is 0 Å². The van der Waals surface area contributed by atoms with Crippen LogP contribution >= 0.6 is 0 Å². The molecule has 0 aromatic heterocycles. The van der Waals surface area contributed by atoms with Crippen molar-refractivity contribution < 1.29 is 14.3 Å². The molecule has 0 bridgehead atoms. The van der Waals surface area contributed by atoms with Crippen molar-refractivity contribution in [3.63, 3.8) is 0 Å². The number of hydrogen-bond acceptors (Lipinski definition) is 5. The van der Waals surface area contributed by atoms with E-state index < -0.39 is 0 Å². The summed E-state index contributed by atoms with van der Waals surface area (Å²) in [6.07, 6.45) is 0.729. The Hall–Kier alpha value is -4.20. The number of fused-ring (bicyclic) bond motifs is 1. The second kappa shape index (κ2) is 13.2. The number of piperazine rings is 1. The van der Waals surface area contributed by atoms with Crippen LogP contribution in [0.5, 0.6) is 0 Å². The summed E-state index contributed by atoms with van der Waals surface area (Å²) in [6.45, 7) is 5.46. The van der Waals surface area contributed by atoms with Gasteiger partial charge in [0.1, 0.15) is 0 Å². The third-order valence-electron chi connectivity index (χ3n) is 7.31. The Morgan fingerprint density at radius 1 is 0.800 bits per heavy atom. The molecule has 206 valence electrons. The number of amides is 2. The van der Waals surface area contributed by atoms with Gasteiger partial charge in [-0.15, -0.1) is 0 Å². The van der Waals surface area contributed by atoms with E-state index in [1.54, 1.807) is 13.2 Å². The number of hydrogen-bond donors (Lipinski definition) is 2. The zero-order chi connectivity index (χ0) is 27.7. The minimum absolute atomic E-state index is 0.154. The van der Waals surface area contributed by atoms with Crippen molar-refractivity contribution in [1.82, 2.24) is 10.2 Å². The van der Waals surface area contributed by atoms with E-state index in [2.05, 4.69) is 44.7 Å². The first-order valence-corrected chi connectivity index (χ1v) is 13.8. The maximum Gasteiger partial charge on any atom is 0.256 e. The molecule has 40 heavy (non-hydrogen) atoms. The highest BCUT2D eigenvalue weighted by Crippen LogP contribution is 2.27. The molecule has 0 unspecified atom stereocenters. The molecule has 0 saturated carbocycles. The minimum Gasteiger partial charge on any atom is -0.385 e. The largest absolute Gasteiger partial charge is 0.385 e. The van der Waals surface area contributed by atoms with Gasteiger partial charge < -0.3 is 20.3 Å². The molecule has 1 aliphatic rings. The predicted octanol–water partition coefficient (Wildman–Crippen LogP) is 5.18. The van der Waals surface area contributed by atoms with Crippen LogP contribution in [0.25, 0.3) is 10.8 Å². The first kappa shape index (κ1) is 27.4. The van der Waals surface area contributed by atoms with Crippen LogP contribution in [0.3, 0.4) is 0 Å². The molecule has 1 fully saturated rings. The minimum atomic E-state index is -0.203. The monoisotopic (exact) mass is 536 g/mol. The topological polar surface area (TPSA) is 73.9 Å². The van der Waals surface area contributed by atoms with Gasteiger partial charge in [0.25, 0.3) is 11.8 Å². The third kappa shape index (κ3) is 6.68. The van der Waals surface area contributed by atoms with E-state index in [-0.39, 0.29) is 11.8 Å².